The van der Waals surface area contributed by atoms with Crippen molar-refractivity contribution >= 4 is 11.6 Å². The van der Waals surface area contributed by atoms with E-state index in [1.807, 2.05) is 24.3 Å². The maximum Gasteiger partial charge on any atom is 0.0570 e. The molecule has 0 unspecified atom stereocenters. The molecule has 1 atom stereocenters. The monoisotopic (exact) mass is 196 g/mol. The molecule has 13 heavy (non-hydrogen) atoms. The molecule has 0 spiro atoms. The minimum Gasteiger partial charge on any atom is -0.305 e. The molecule has 70 valence electrons. The highest BCUT2D eigenvalue weighted by atomic mass is 35.5. The largest absolute Gasteiger partial charge is 0.305 e. The molecule has 0 bridgehead atoms. The van der Waals surface area contributed by atoms with Crippen LogP contribution in [0.3, 0.4) is 0 Å². The molecule has 1 heterocycles. The fourth-order valence-electron chi connectivity index (χ4n) is 1.03. The second-order valence-corrected chi connectivity index (χ2v) is 3.00. The molecule has 1 N–H and O–H groups in total. The van der Waals surface area contributed by atoms with Crippen LogP contribution < -0.4 is 5.32 Å². The van der Waals surface area contributed by atoms with Crippen LogP contribution in [0.25, 0.3) is 0 Å². The number of rotatable bonds is 4. The highest BCUT2D eigenvalue weighted by Crippen LogP contribution is 2.06. The molecule has 1 rings (SSSR count). The van der Waals surface area contributed by atoms with Crippen LogP contribution in [0.1, 0.15) is 18.7 Å². The van der Waals surface area contributed by atoms with Gasteiger partial charge in [-0.3, -0.25) is 4.98 Å². The predicted molar refractivity (Wildman–Crippen MR) is 55.6 cm³/mol. The summed E-state index contributed by atoms with van der Waals surface area (Å²) < 4.78 is 0. The fourth-order valence-corrected chi connectivity index (χ4v) is 1.12. The van der Waals surface area contributed by atoms with Crippen molar-refractivity contribution in [3.05, 3.63) is 41.7 Å². The molecule has 1 aromatic rings. The average Bonchev–Trinajstić information content (AvgIpc) is 2.19. The second kappa shape index (κ2) is 5.73. The van der Waals surface area contributed by atoms with Gasteiger partial charge >= 0.3 is 0 Å². The number of nitrogens with one attached hydrogen (secondary N) is 1. The fraction of sp³-hybridized carbons (Fsp3) is 0.300. The highest BCUT2D eigenvalue weighted by Gasteiger charge is 2.02. The standard InChI is InChI=1S/C10H13ClN2/c1-9(12-8-4-6-11)10-5-2-3-7-13-10/h2-7,9,12H,8H2,1H3/b6-4+/t9-/m1/s1. The molecule has 3 heteroatoms. The van der Waals surface area contributed by atoms with Gasteiger partial charge in [-0.05, 0) is 19.1 Å². The Kier molecular flexibility index (Phi) is 4.50. The van der Waals surface area contributed by atoms with E-state index in [1.165, 1.54) is 5.54 Å². The van der Waals surface area contributed by atoms with Crippen LogP contribution in [0.15, 0.2) is 36.0 Å². The topological polar surface area (TPSA) is 24.9 Å². The van der Waals surface area contributed by atoms with Crippen LogP contribution in [0, 0.1) is 0 Å². The zero-order chi connectivity index (χ0) is 9.52. The van der Waals surface area contributed by atoms with Gasteiger partial charge < -0.3 is 5.32 Å². The first-order chi connectivity index (χ1) is 6.34. The van der Waals surface area contributed by atoms with Crippen LogP contribution in [0.2, 0.25) is 0 Å². The number of halogens is 1. The number of hydrogen-bond donors (Lipinski definition) is 1. The Labute approximate surface area is 83.6 Å². The summed E-state index contributed by atoms with van der Waals surface area (Å²) in [6.45, 7) is 2.84. The van der Waals surface area contributed by atoms with Crippen LogP contribution in [0.5, 0.6) is 0 Å². The summed E-state index contributed by atoms with van der Waals surface area (Å²) in [4.78, 5) is 4.24. The Morgan fingerprint density at radius 1 is 1.62 bits per heavy atom. The molecular weight excluding hydrogens is 184 g/mol. The summed E-state index contributed by atoms with van der Waals surface area (Å²) in [6.07, 6.45) is 3.66. The Morgan fingerprint density at radius 2 is 2.46 bits per heavy atom. The quantitative estimate of drug-likeness (QED) is 0.801. The second-order valence-electron chi connectivity index (χ2n) is 2.75. The third-order valence-electron chi connectivity index (χ3n) is 1.76. The number of hydrogen-bond acceptors (Lipinski definition) is 2. The Bertz CT molecular complexity index is 259. The highest BCUT2D eigenvalue weighted by molar-refractivity contribution is 6.25. The van der Waals surface area contributed by atoms with Gasteiger partial charge in [0.25, 0.3) is 0 Å². The van der Waals surface area contributed by atoms with Gasteiger partial charge in [0.2, 0.25) is 0 Å². The van der Waals surface area contributed by atoms with Gasteiger partial charge in [-0.1, -0.05) is 23.7 Å². The van der Waals surface area contributed by atoms with E-state index in [2.05, 4.69) is 17.2 Å². The zero-order valence-electron chi connectivity index (χ0n) is 7.57. The van der Waals surface area contributed by atoms with Crippen molar-refractivity contribution in [2.75, 3.05) is 6.54 Å². The van der Waals surface area contributed by atoms with Gasteiger partial charge in [0.15, 0.2) is 0 Å². The predicted octanol–water partition coefficient (Wildman–Crippen LogP) is 2.48. The Morgan fingerprint density at radius 3 is 3.08 bits per heavy atom. The first kappa shape index (κ1) is 10.2. The summed E-state index contributed by atoms with van der Waals surface area (Å²) >= 11 is 5.39. The SMILES string of the molecule is C[C@@H](NC/C=C/Cl)c1ccccn1. The third-order valence-corrected chi connectivity index (χ3v) is 1.94. The number of nitrogens with zero attached hydrogens (tertiary/aromatic N) is 1. The number of pyridine rings is 1. The minimum atomic E-state index is 0.258. The van der Waals surface area contributed by atoms with Crippen molar-refractivity contribution < 1.29 is 0 Å². The molecule has 0 aromatic carbocycles. The van der Waals surface area contributed by atoms with Crippen molar-refractivity contribution in [1.82, 2.24) is 10.3 Å². The molecular formula is C10H13ClN2. The molecule has 0 saturated heterocycles. The number of aromatic nitrogens is 1. The molecule has 0 aliphatic carbocycles. The van der Waals surface area contributed by atoms with Crippen LogP contribution in [0.4, 0.5) is 0 Å². The minimum absolute atomic E-state index is 0.258. The first-order valence-electron chi connectivity index (χ1n) is 4.24. The normalized spacial score (nSPS) is 13.4. The lowest BCUT2D eigenvalue weighted by atomic mass is 10.2. The zero-order valence-corrected chi connectivity index (χ0v) is 8.33. The Balaban J connectivity index is 2.44. The van der Waals surface area contributed by atoms with Crippen molar-refractivity contribution in [2.45, 2.75) is 13.0 Å². The molecule has 0 fully saturated rings. The summed E-state index contributed by atoms with van der Waals surface area (Å²) in [6, 6.07) is 6.16. The molecule has 1 aromatic heterocycles. The Hall–Kier alpha value is -0.860. The molecule has 2 nitrogen and oxygen atoms in total. The van der Waals surface area contributed by atoms with E-state index in [9.17, 15) is 0 Å². The summed E-state index contributed by atoms with van der Waals surface area (Å²) in [7, 11) is 0. The lowest BCUT2D eigenvalue weighted by Crippen LogP contribution is -2.19. The van der Waals surface area contributed by atoms with Crippen LogP contribution >= 0.6 is 11.6 Å². The molecule has 0 aliphatic rings. The molecule has 0 amide bonds. The van der Waals surface area contributed by atoms with Crippen molar-refractivity contribution in [1.29, 1.82) is 0 Å². The maximum absolute atomic E-state index is 5.39. The van der Waals surface area contributed by atoms with Crippen molar-refractivity contribution in [3.8, 4) is 0 Å². The summed E-state index contributed by atoms with van der Waals surface area (Å²) in [5.74, 6) is 0. The maximum atomic E-state index is 5.39. The van der Waals surface area contributed by atoms with E-state index in [0.29, 0.717) is 0 Å². The van der Waals surface area contributed by atoms with Crippen LogP contribution in [-0.4, -0.2) is 11.5 Å². The van der Waals surface area contributed by atoms with Gasteiger partial charge in [-0.25, -0.2) is 0 Å². The summed E-state index contributed by atoms with van der Waals surface area (Å²) in [5, 5.41) is 3.27. The molecule has 0 aliphatic heterocycles. The summed E-state index contributed by atoms with van der Waals surface area (Å²) in [5.41, 5.74) is 2.56. The van der Waals surface area contributed by atoms with Gasteiger partial charge in [0.1, 0.15) is 0 Å². The van der Waals surface area contributed by atoms with Crippen molar-refractivity contribution in [3.63, 3.8) is 0 Å². The van der Waals surface area contributed by atoms with E-state index < -0.39 is 0 Å². The van der Waals surface area contributed by atoms with Crippen LogP contribution in [-0.2, 0) is 0 Å². The van der Waals surface area contributed by atoms with E-state index in [1.54, 1.807) is 6.20 Å². The molecule has 0 radical (unpaired) electrons. The van der Waals surface area contributed by atoms with Crippen molar-refractivity contribution in [2.24, 2.45) is 0 Å². The average molecular weight is 197 g/mol. The first-order valence-corrected chi connectivity index (χ1v) is 4.67. The van der Waals surface area contributed by atoms with Gasteiger partial charge in [-0.15, -0.1) is 0 Å². The lowest BCUT2D eigenvalue weighted by Gasteiger charge is -2.10. The molecule has 0 saturated carbocycles. The van der Waals surface area contributed by atoms with E-state index >= 15 is 0 Å². The van der Waals surface area contributed by atoms with Gasteiger partial charge in [-0.2, -0.15) is 0 Å². The third kappa shape index (κ3) is 3.57. The van der Waals surface area contributed by atoms with E-state index in [0.717, 1.165) is 12.2 Å². The lowest BCUT2D eigenvalue weighted by molar-refractivity contribution is 0.601. The van der Waals surface area contributed by atoms with E-state index in [-0.39, 0.29) is 6.04 Å². The smallest absolute Gasteiger partial charge is 0.0570 e. The van der Waals surface area contributed by atoms with Gasteiger partial charge in [0, 0.05) is 24.3 Å². The van der Waals surface area contributed by atoms with Gasteiger partial charge in [0.05, 0.1) is 5.69 Å². The van der Waals surface area contributed by atoms with E-state index in [4.69, 9.17) is 11.6 Å².